The number of nitrogens with zero attached hydrogens (tertiary/aromatic N) is 5. The van der Waals surface area contributed by atoms with Crippen LogP contribution in [0.3, 0.4) is 0 Å². The molecular weight excluding hydrogens is 361 g/mol. The lowest BCUT2D eigenvalue weighted by atomic mass is 10.1. The molecule has 3 heterocycles. The van der Waals surface area contributed by atoms with Gasteiger partial charge in [0.25, 0.3) is 5.91 Å². The van der Waals surface area contributed by atoms with E-state index in [0.29, 0.717) is 36.1 Å². The highest BCUT2D eigenvalue weighted by Crippen LogP contribution is 2.28. The molecule has 1 atom stereocenters. The molecule has 0 radical (unpaired) electrons. The maximum Gasteiger partial charge on any atom is 0.257 e. The maximum absolute atomic E-state index is 13.1. The van der Waals surface area contributed by atoms with Crippen LogP contribution in [0.15, 0.2) is 42.7 Å². The molecule has 1 aliphatic rings. The van der Waals surface area contributed by atoms with E-state index in [-0.39, 0.29) is 17.6 Å². The van der Waals surface area contributed by atoms with E-state index in [0.717, 1.165) is 12.1 Å². The lowest BCUT2D eigenvalue weighted by Gasteiger charge is -2.15. The van der Waals surface area contributed by atoms with Crippen LogP contribution in [0.2, 0.25) is 0 Å². The molecule has 2 aromatic heterocycles. The van der Waals surface area contributed by atoms with Gasteiger partial charge >= 0.3 is 0 Å². The Bertz CT molecular complexity index is 1000. The summed E-state index contributed by atoms with van der Waals surface area (Å²) in [4.78, 5) is 23.5. The van der Waals surface area contributed by atoms with Crippen LogP contribution in [0.1, 0.15) is 34.2 Å². The van der Waals surface area contributed by atoms with Gasteiger partial charge in [-0.2, -0.15) is 10.1 Å². The molecule has 0 spiro atoms. The molecule has 144 valence electrons. The quantitative estimate of drug-likeness (QED) is 0.694. The summed E-state index contributed by atoms with van der Waals surface area (Å²) >= 11 is 0. The molecule has 0 aliphatic carbocycles. The minimum Gasteiger partial charge on any atom is -0.439 e. The number of rotatable bonds is 4. The number of aryl methyl sites for hydroxylation is 2. The van der Waals surface area contributed by atoms with Gasteiger partial charge in [0.05, 0.1) is 11.8 Å². The Morgan fingerprint density at radius 3 is 2.75 bits per heavy atom. The lowest BCUT2D eigenvalue weighted by molar-refractivity contribution is 0.0790. The molecule has 1 aromatic carbocycles. The number of aromatic nitrogens is 4. The summed E-state index contributed by atoms with van der Waals surface area (Å²) in [7, 11) is 1.78. The molecule has 7 nitrogen and oxygen atoms in total. The largest absolute Gasteiger partial charge is 0.439 e. The molecule has 1 amide bonds. The van der Waals surface area contributed by atoms with Gasteiger partial charge in [0.1, 0.15) is 17.4 Å². The topological polar surface area (TPSA) is 73.1 Å². The first-order chi connectivity index (χ1) is 13.5. The predicted octanol–water partition coefficient (Wildman–Crippen LogP) is 3.08. The van der Waals surface area contributed by atoms with Crippen molar-refractivity contribution in [3.8, 4) is 11.6 Å². The monoisotopic (exact) mass is 381 g/mol. The number of amides is 1. The Morgan fingerprint density at radius 2 is 2.04 bits per heavy atom. The van der Waals surface area contributed by atoms with Gasteiger partial charge in [0.2, 0.25) is 5.88 Å². The van der Waals surface area contributed by atoms with Gasteiger partial charge in [-0.05, 0) is 37.6 Å². The average Bonchev–Trinajstić information content (AvgIpc) is 3.32. The van der Waals surface area contributed by atoms with Crippen molar-refractivity contribution in [2.75, 3.05) is 13.1 Å². The van der Waals surface area contributed by atoms with Crippen molar-refractivity contribution in [3.63, 3.8) is 0 Å². The first kappa shape index (κ1) is 18.1. The van der Waals surface area contributed by atoms with Crippen molar-refractivity contribution in [1.29, 1.82) is 0 Å². The fourth-order valence-electron chi connectivity index (χ4n) is 3.29. The lowest BCUT2D eigenvalue weighted by Crippen LogP contribution is -2.28. The number of likely N-dealkylation sites (tertiary alicyclic amines) is 1. The molecule has 0 saturated carbocycles. The summed E-state index contributed by atoms with van der Waals surface area (Å²) in [5, 5.41) is 4.06. The van der Waals surface area contributed by atoms with Crippen LogP contribution in [0.4, 0.5) is 4.39 Å². The highest BCUT2D eigenvalue weighted by atomic mass is 19.1. The van der Waals surface area contributed by atoms with Gasteiger partial charge < -0.3 is 9.64 Å². The van der Waals surface area contributed by atoms with Gasteiger partial charge in [-0.25, -0.2) is 9.37 Å². The zero-order valence-corrected chi connectivity index (χ0v) is 15.7. The Labute approximate surface area is 161 Å². The molecular formula is C20H20FN5O2. The van der Waals surface area contributed by atoms with E-state index in [4.69, 9.17) is 4.74 Å². The molecule has 8 heteroatoms. The SMILES string of the molecule is Cc1cc(Oc2ccc(F)cc2)nc([C@@H]2CCN(C(=O)c3cnn(C)c3)C2)n1. The van der Waals surface area contributed by atoms with Crippen LogP contribution >= 0.6 is 0 Å². The van der Waals surface area contributed by atoms with Crippen LogP contribution in [0.5, 0.6) is 11.6 Å². The van der Waals surface area contributed by atoms with Gasteiger partial charge in [-0.15, -0.1) is 0 Å². The second kappa shape index (κ2) is 7.38. The number of ether oxygens (including phenoxy) is 1. The second-order valence-corrected chi connectivity index (χ2v) is 6.90. The van der Waals surface area contributed by atoms with Crippen LogP contribution < -0.4 is 4.74 Å². The van der Waals surface area contributed by atoms with Gasteiger partial charge in [0, 0.05) is 44.0 Å². The number of carbonyl (C=O) groups excluding carboxylic acids is 1. The van der Waals surface area contributed by atoms with Crippen molar-refractivity contribution in [2.45, 2.75) is 19.3 Å². The number of hydrogen-bond donors (Lipinski definition) is 0. The Balaban J connectivity index is 1.49. The third kappa shape index (κ3) is 3.85. The molecule has 0 unspecified atom stereocenters. The Morgan fingerprint density at radius 1 is 1.25 bits per heavy atom. The summed E-state index contributed by atoms with van der Waals surface area (Å²) in [6.07, 6.45) is 4.08. The van der Waals surface area contributed by atoms with E-state index >= 15 is 0 Å². The van der Waals surface area contributed by atoms with E-state index in [1.807, 2.05) is 6.92 Å². The molecule has 28 heavy (non-hydrogen) atoms. The van der Waals surface area contributed by atoms with Crippen molar-refractivity contribution in [3.05, 3.63) is 65.6 Å². The van der Waals surface area contributed by atoms with E-state index in [9.17, 15) is 9.18 Å². The van der Waals surface area contributed by atoms with Gasteiger partial charge in [-0.1, -0.05) is 0 Å². The zero-order valence-electron chi connectivity index (χ0n) is 15.7. The minimum absolute atomic E-state index is 0.0361. The third-order valence-corrected chi connectivity index (χ3v) is 4.68. The van der Waals surface area contributed by atoms with E-state index in [1.165, 1.54) is 12.1 Å². The zero-order chi connectivity index (χ0) is 19.7. The van der Waals surface area contributed by atoms with Crippen molar-refractivity contribution in [1.82, 2.24) is 24.6 Å². The normalized spacial score (nSPS) is 16.4. The van der Waals surface area contributed by atoms with Crippen LogP contribution in [-0.2, 0) is 7.05 Å². The summed E-state index contributed by atoms with van der Waals surface area (Å²) in [5.74, 6) is 1.24. The third-order valence-electron chi connectivity index (χ3n) is 4.68. The first-order valence-electron chi connectivity index (χ1n) is 9.05. The highest BCUT2D eigenvalue weighted by Gasteiger charge is 2.30. The van der Waals surface area contributed by atoms with Crippen molar-refractivity contribution in [2.24, 2.45) is 7.05 Å². The average molecular weight is 381 g/mol. The molecule has 1 saturated heterocycles. The first-order valence-corrected chi connectivity index (χ1v) is 9.05. The maximum atomic E-state index is 13.1. The Kier molecular flexibility index (Phi) is 4.77. The summed E-state index contributed by atoms with van der Waals surface area (Å²) in [5.41, 5.74) is 1.35. The summed E-state index contributed by atoms with van der Waals surface area (Å²) < 4.78 is 20.4. The molecule has 4 rings (SSSR count). The van der Waals surface area contributed by atoms with Gasteiger partial charge in [0.15, 0.2) is 0 Å². The predicted molar refractivity (Wildman–Crippen MR) is 99.7 cm³/mol. The number of benzene rings is 1. The standard InChI is InChI=1S/C20H20FN5O2/c1-13-9-18(28-17-5-3-16(21)4-6-17)24-19(23-13)14-7-8-26(12-14)20(27)15-10-22-25(2)11-15/h3-6,9-11,14H,7-8,12H2,1-2H3/t14-/m1/s1. The number of carbonyl (C=O) groups is 1. The highest BCUT2D eigenvalue weighted by molar-refractivity contribution is 5.93. The summed E-state index contributed by atoms with van der Waals surface area (Å²) in [6, 6.07) is 7.51. The van der Waals surface area contributed by atoms with E-state index in [2.05, 4.69) is 15.1 Å². The smallest absolute Gasteiger partial charge is 0.257 e. The second-order valence-electron chi connectivity index (χ2n) is 6.90. The molecule has 1 fully saturated rings. The number of halogens is 1. The van der Waals surface area contributed by atoms with Crippen molar-refractivity contribution >= 4 is 5.91 Å². The molecule has 3 aromatic rings. The van der Waals surface area contributed by atoms with Crippen LogP contribution in [0, 0.1) is 12.7 Å². The van der Waals surface area contributed by atoms with E-state index in [1.54, 1.807) is 47.2 Å². The molecule has 0 bridgehead atoms. The van der Waals surface area contributed by atoms with Gasteiger partial charge in [-0.3, -0.25) is 9.48 Å². The summed E-state index contributed by atoms with van der Waals surface area (Å²) in [6.45, 7) is 3.06. The Hall–Kier alpha value is -3.29. The molecule has 1 aliphatic heterocycles. The fraction of sp³-hybridized carbons (Fsp3) is 0.300. The van der Waals surface area contributed by atoms with Crippen molar-refractivity contribution < 1.29 is 13.9 Å². The van der Waals surface area contributed by atoms with Crippen LogP contribution in [-0.4, -0.2) is 43.6 Å². The van der Waals surface area contributed by atoms with Crippen LogP contribution in [0.25, 0.3) is 0 Å². The molecule has 0 N–H and O–H groups in total. The fourth-order valence-corrected chi connectivity index (χ4v) is 3.29. The van der Waals surface area contributed by atoms with E-state index < -0.39 is 0 Å². The minimum atomic E-state index is -0.323. The number of hydrogen-bond acceptors (Lipinski definition) is 5.